The quantitative estimate of drug-likeness (QED) is 0.774. The first-order chi connectivity index (χ1) is 13.1. The minimum Gasteiger partial charge on any atom is -0.488 e. The molecule has 27 heavy (non-hydrogen) atoms. The maximum Gasteiger partial charge on any atom is 0.253 e. The first kappa shape index (κ1) is 17.0. The van der Waals surface area contributed by atoms with E-state index in [9.17, 15) is 4.79 Å². The summed E-state index contributed by atoms with van der Waals surface area (Å²) in [4.78, 5) is 22.9. The fourth-order valence-corrected chi connectivity index (χ4v) is 3.30. The highest BCUT2D eigenvalue weighted by Crippen LogP contribution is 2.28. The number of nitrogens with two attached hydrogens (primary N) is 1. The van der Waals surface area contributed by atoms with Gasteiger partial charge in [-0.25, -0.2) is 4.98 Å². The van der Waals surface area contributed by atoms with Crippen LogP contribution in [0.25, 0.3) is 11.3 Å². The molecule has 0 aliphatic carbocycles. The van der Waals surface area contributed by atoms with Crippen molar-refractivity contribution in [2.75, 3.05) is 19.3 Å². The van der Waals surface area contributed by atoms with E-state index in [1.54, 1.807) is 24.2 Å². The number of hydrogen-bond acceptors (Lipinski definition) is 5. The molecule has 0 radical (unpaired) electrons. The Balaban J connectivity index is 1.47. The molecule has 1 aliphatic heterocycles. The van der Waals surface area contributed by atoms with Crippen LogP contribution in [0.15, 0.2) is 60.9 Å². The number of benzene rings is 2. The summed E-state index contributed by atoms with van der Waals surface area (Å²) in [7, 11) is 1.79. The van der Waals surface area contributed by atoms with E-state index in [2.05, 4.69) is 16.0 Å². The van der Waals surface area contributed by atoms with Gasteiger partial charge in [-0.05, 0) is 23.8 Å². The van der Waals surface area contributed by atoms with Crippen LogP contribution in [0.1, 0.15) is 15.9 Å². The van der Waals surface area contributed by atoms with Gasteiger partial charge in [-0.3, -0.25) is 9.78 Å². The summed E-state index contributed by atoms with van der Waals surface area (Å²) >= 11 is 0. The Morgan fingerprint density at radius 1 is 1.22 bits per heavy atom. The highest BCUT2D eigenvalue weighted by atomic mass is 16.5. The largest absolute Gasteiger partial charge is 0.488 e. The Hall–Kier alpha value is -3.41. The number of nitrogens with zero attached hydrogens (tertiary/aromatic N) is 3. The van der Waals surface area contributed by atoms with Crippen molar-refractivity contribution in [2.45, 2.75) is 12.5 Å². The maximum absolute atomic E-state index is 12.9. The fraction of sp³-hybridized carbons (Fsp3) is 0.190. The predicted octanol–water partition coefficient (Wildman–Crippen LogP) is 2.80. The van der Waals surface area contributed by atoms with Gasteiger partial charge >= 0.3 is 0 Å². The van der Waals surface area contributed by atoms with Crippen molar-refractivity contribution in [2.24, 2.45) is 0 Å². The molecule has 1 aliphatic rings. The van der Waals surface area contributed by atoms with Crippen LogP contribution in [0.5, 0.6) is 5.75 Å². The van der Waals surface area contributed by atoms with Crippen molar-refractivity contribution in [1.82, 2.24) is 14.9 Å². The van der Waals surface area contributed by atoms with E-state index in [4.69, 9.17) is 10.5 Å². The normalized spacial score (nSPS) is 15.1. The standard InChI is InChI=1S/C21H20N4O2/c1-25(13-17-10-15-5-2-3-8-19(15)27-17)21(26)16-7-4-6-14(9-16)18-11-23-12-20(22)24-18/h2-9,11-12,17H,10,13H2,1H3,(H2,22,24). The third-order valence-electron chi connectivity index (χ3n) is 4.60. The summed E-state index contributed by atoms with van der Waals surface area (Å²) in [5.41, 5.74) is 8.93. The molecular weight excluding hydrogens is 340 g/mol. The van der Waals surface area contributed by atoms with Gasteiger partial charge in [-0.15, -0.1) is 0 Å². The second kappa shape index (κ2) is 7.07. The van der Waals surface area contributed by atoms with E-state index in [1.165, 1.54) is 11.8 Å². The summed E-state index contributed by atoms with van der Waals surface area (Å²) in [5, 5.41) is 0. The first-order valence-corrected chi connectivity index (χ1v) is 8.78. The SMILES string of the molecule is CN(CC1Cc2ccccc2O1)C(=O)c1cccc(-c2cncc(N)n2)c1. The Bertz CT molecular complexity index is 964. The fourth-order valence-electron chi connectivity index (χ4n) is 3.30. The van der Waals surface area contributed by atoms with E-state index in [0.29, 0.717) is 23.6 Å². The highest BCUT2D eigenvalue weighted by molar-refractivity contribution is 5.95. The Kier molecular flexibility index (Phi) is 4.46. The number of carbonyl (C=O) groups excluding carboxylic acids is 1. The average molecular weight is 360 g/mol. The van der Waals surface area contributed by atoms with E-state index >= 15 is 0 Å². The Morgan fingerprint density at radius 3 is 2.89 bits per heavy atom. The predicted molar refractivity (Wildman–Crippen MR) is 103 cm³/mol. The molecule has 3 aromatic rings. The van der Waals surface area contributed by atoms with Crippen LogP contribution in [-0.2, 0) is 6.42 Å². The van der Waals surface area contributed by atoms with Gasteiger partial charge in [0.1, 0.15) is 17.7 Å². The number of carbonyl (C=O) groups is 1. The van der Waals surface area contributed by atoms with E-state index in [1.807, 2.05) is 36.4 Å². The smallest absolute Gasteiger partial charge is 0.253 e. The van der Waals surface area contributed by atoms with Crippen LogP contribution in [-0.4, -0.2) is 40.5 Å². The molecule has 2 aromatic carbocycles. The number of likely N-dealkylation sites (N-methyl/N-ethyl adjacent to an activating group) is 1. The number of fused-ring (bicyclic) bond motifs is 1. The van der Waals surface area contributed by atoms with E-state index in [-0.39, 0.29) is 12.0 Å². The van der Waals surface area contributed by atoms with Gasteiger partial charge in [-0.1, -0.05) is 30.3 Å². The Labute approximate surface area is 157 Å². The number of hydrogen-bond donors (Lipinski definition) is 1. The topological polar surface area (TPSA) is 81.3 Å². The lowest BCUT2D eigenvalue weighted by atomic mass is 10.1. The van der Waals surface area contributed by atoms with Crippen molar-refractivity contribution in [3.05, 3.63) is 72.1 Å². The summed E-state index contributed by atoms with van der Waals surface area (Å²) < 4.78 is 5.94. The summed E-state index contributed by atoms with van der Waals surface area (Å²) in [6.07, 6.45) is 3.91. The minimum absolute atomic E-state index is 0.0284. The lowest BCUT2D eigenvalue weighted by Crippen LogP contribution is -2.36. The molecule has 0 fully saturated rings. The molecule has 4 rings (SSSR count). The van der Waals surface area contributed by atoms with Crippen LogP contribution < -0.4 is 10.5 Å². The average Bonchev–Trinajstić information content (AvgIpc) is 3.09. The molecule has 1 atom stereocenters. The number of rotatable bonds is 4. The molecule has 0 saturated heterocycles. The van der Waals surface area contributed by atoms with E-state index in [0.717, 1.165) is 17.7 Å². The molecule has 0 saturated carbocycles. The van der Waals surface area contributed by atoms with Crippen molar-refractivity contribution in [3.63, 3.8) is 0 Å². The lowest BCUT2D eigenvalue weighted by molar-refractivity contribution is 0.0730. The third kappa shape index (κ3) is 3.60. The number of nitrogen functional groups attached to an aromatic ring is 1. The van der Waals surface area contributed by atoms with Crippen LogP contribution in [0, 0.1) is 0 Å². The first-order valence-electron chi connectivity index (χ1n) is 8.78. The Morgan fingerprint density at radius 2 is 2.07 bits per heavy atom. The molecule has 136 valence electrons. The summed E-state index contributed by atoms with van der Waals surface area (Å²) in [6, 6.07) is 15.3. The summed E-state index contributed by atoms with van der Waals surface area (Å²) in [6.45, 7) is 0.524. The lowest BCUT2D eigenvalue weighted by Gasteiger charge is -2.21. The zero-order valence-electron chi connectivity index (χ0n) is 15.0. The van der Waals surface area contributed by atoms with Crippen LogP contribution in [0.3, 0.4) is 0 Å². The molecule has 6 heteroatoms. The second-order valence-corrected chi connectivity index (χ2v) is 6.65. The zero-order chi connectivity index (χ0) is 18.8. The van der Waals surface area contributed by atoms with E-state index < -0.39 is 0 Å². The molecule has 1 amide bonds. The molecule has 0 bridgehead atoms. The highest BCUT2D eigenvalue weighted by Gasteiger charge is 2.25. The van der Waals surface area contributed by atoms with Crippen LogP contribution in [0.4, 0.5) is 5.82 Å². The second-order valence-electron chi connectivity index (χ2n) is 6.65. The maximum atomic E-state index is 12.9. The van der Waals surface area contributed by atoms with Crippen LogP contribution in [0.2, 0.25) is 0 Å². The molecule has 0 spiro atoms. The molecule has 2 heterocycles. The van der Waals surface area contributed by atoms with Crippen LogP contribution >= 0.6 is 0 Å². The third-order valence-corrected chi connectivity index (χ3v) is 4.60. The van der Waals surface area contributed by atoms with Gasteiger partial charge in [0.05, 0.1) is 24.6 Å². The van der Waals surface area contributed by atoms with Gasteiger partial charge in [-0.2, -0.15) is 0 Å². The zero-order valence-corrected chi connectivity index (χ0v) is 15.0. The molecular formula is C21H20N4O2. The minimum atomic E-state index is -0.0618. The van der Waals surface area contributed by atoms with Crippen molar-refractivity contribution in [3.8, 4) is 17.0 Å². The number of amides is 1. The van der Waals surface area contributed by atoms with Gasteiger partial charge < -0.3 is 15.4 Å². The van der Waals surface area contributed by atoms with Gasteiger partial charge in [0.2, 0.25) is 0 Å². The van der Waals surface area contributed by atoms with Crippen molar-refractivity contribution in [1.29, 1.82) is 0 Å². The molecule has 6 nitrogen and oxygen atoms in total. The van der Waals surface area contributed by atoms with Crippen molar-refractivity contribution >= 4 is 11.7 Å². The van der Waals surface area contributed by atoms with Gasteiger partial charge in [0.25, 0.3) is 5.91 Å². The molecule has 2 N–H and O–H groups in total. The van der Waals surface area contributed by atoms with Crippen molar-refractivity contribution < 1.29 is 9.53 Å². The van der Waals surface area contributed by atoms with Gasteiger partial charge in [0, 0.05) is 24.6 Å². The van der Waals surface area contributed by atoms with Gasteiger partial charge in [0.15, 0.2) is 0 Å². The molecule has 1 unspecified atom stereocenters. The summed E-state index contributed by atoms with van der Waals surface area (Å²) in [5.74, 6) is 1.19. The number of anilines is 1. The number of ether oxygens (including phenoxy) is 1. The monoisotopic (exact) mass is 360 g/mol. The number of para-hydroxylation sites is 1. The number of aromatic nitrogens is 2. The molecule has 1 aromatic heterocycles.